The van der Waals surface area contributed by atoms with Crippen LogP contribution in [0.2, 0.25) is 0 Å². The number of benzene rings is 1. The number of hydrogen-bond donors (Lipinski definition) is 1. The van der Waals surface area contributed by atoms with E-state index in [2.05, 4.69) is 14.6 Å². The summed E-state index contributed by atoms with van der Waals surface area (Å²) in [6, 6.07) is 6.96. The highest BCUT2D eigenvalue weighted by molar-refractivity contribution is 7.16. The van der Waals surface area contributed by atoms with Crippen LogP contribution in [0.1, 0.15) is 37.8 Å². The normalized spacial score (nSPS) is 12.9. The van der Waals surface area contributed by atoms with Gasteiger partial charge in [0.15, 0.2) is 0 Å². The molecule has 0 radical (unpaired) electrons. The number of hydrogen-bond acceptors (Lipinski definition) is 2. The van der Waals surface area contributed by atoms with Crippen LogP contribution in [0.3, 0.4) is 0 Å². The Kier molecular flexibility index (Phi) is 5.09. The van der Waals surface area contributed by atoms with Crippen molar-refractivity contribution in [3.05, 3.63) is 35.4 Å². The zero-order chi connectivity index (χ0) is 13.8. The number of nitrogens with one attached hydrogen (secondary N) is 1. The predicted octanol–water partition coefficient (Wildman–Crippen LogP) is 3.55. The quantitative estimate of drug-likeness (QED) is 0.854. The molecule has 1 aromatic rings. The van der Waals surface area contributed by atoms with Gasteiger partial charge in [-0.1, -0.05) is 33.5 Å². The molecular formula is C13H19FNO2P. The molecule has 0 aliphatic heterocycles. The lowest BCUT2D eigenvalue weighted by Gasteiger charge is -2.19. The topological polar surface area (TPSA) is 38.3 Å². The van der Waals surface area contributed by atoms with Crippen LogP contribution < -0.4 is 5.32 Å². The van der Waals surface area contributed by atoms with Gasteiger partial charge in [0.25, 0.3) is 0 Å². The molecule has 0 saturated carbocycles. The van der Waals surface area contributed by atoms with E-state index in [1.165, 1.54) is 0 Å². The molecule has 0 fully saturated rings. The molecule has 1 amide bonds. The predicted molar refractivity (Wildman–Crippen MR) is 73.1 cm³/mol. The first kappa shape index (κ1) is 14.9. The van der Waals surface area contributed by atoms with Crippen molar-refractivity contribution in [3.63, 3.8) is 0 Å². The lowest BCUT2D eigenvalue weighted by molar-refractivity contribution is 0.0523. The van der Waals surface area contributed by atoms with Gasteiger partial charge in [-0.3, -0.25) is 0 Å². The summed E-state index contributed by atoms with van der Waals surface area (Å²) in [6.07, 6.45) is -0.457. The van der Waals surface area contributed by atoms with E-state index in [0.717, 1.165) is 5.56 Å². The molecule has 3 nitrogen and oxygen atoms in total. The molecule has 18 heavy (non-hydrogen) atoms. The van der Waals surface area contributed by atoms with Crippen molar-refractivity contribution in [1.29, 1.82) is 0 Å². The Labute approximate surface area is 109 Å². The van der Waals surface area contributed by atoms with Crippen molar-refractivity contribution in [2.24, 2.45) is 0 Å². The third-order valence-corrected chi connectivity index (χ3v) is 2.52. The SMILES string of the molecule is CC(C)(C)OC(=O)NCc1ccc(C(F)P)cc1. The first-order valence-corrected chi connectivity index (χ1v) is 6.40. The Morgan fingerprint density at radius 3 is 2.39 bits per heavy atom. The van der Waals surface area contributed by atoms with Crippen LogP contribution in [0, 0.1) is 0 Å². The third kappa shape index (κ3) is 5.46. The molecule has 0 aromatic heterocycles. The lowest BCUT2D eigenvalue weighted by atomic mass is 10.1. The summed E-state index contributed by atoms with van der Waals surface area (Å²) >= 11 is 0. The van der Waals surface area contributed by atoms with Crippen molar-refractivity contribution in [1.82, 2.24) is 5.32 Å². The molecule has 0 spiro atoms. The van der Waals surface area contributed by atoms with Gasteiger partial charge in [-0.2, -0.15) is 0 Å². The maximum atomic E-state index is 12.9. The molecule has 100 valence electrons. The minimum absolute atomic E-state index is 0.364. The fourth-order valence-electron chi connectivity index (χ4n) is 1.31. The second-order valence-corrected chi connectivity index (χ2v) is 5.58. The fourth-order valence-corrected chi connectivity index (χ4v) is 1.53. The van der Waals surface area contributed by atoms with Gasteiger partial charge in [0.1, 0.15) is 11.5 Å². The Morgan fingerprint density at radius 1 is 1.39 bits per heavy atom. The average Bonchev–Trinajstić information content (AvgIpc) is 2.24. The van der Waals surface area contributed by atoms with Gasteiger partial charge in [-0.05, 0) is 31.9 Å². The molecule has 0 bridgehead atoms. The maximum Gasteiger partial charge on any atom is 0.407 e. The first-order valence-electron chi connectivity index (χ1n) is 5.73. The van der Waals surface area contributed by atoms with E-state index in [1.54, 1.807) is 24.3 Å². The molecule has 0 heterocycles. The van der Waals surface area contributed by atoms with Crippen LogP contribution in [-0.2, 0) is 11.3 Å². The largest absolute Gasteiger partial charge is 0.444 e. The highest BCUT2D eigenvalue weighted by Crippen LogP contribution is 2.23. The number of carbonyl (C=O) groups excluding carboxylic acids is 1. The van der Waals surface area contributed by atoms with E-state index < -0.39 is 17.6 Å². The van der Waals surface area contributed by atoms with Crippen LogP contribution >= 0.6 is 9.24 Å². The standard InChI is InChI=1S/C13H19FNO2P/c1-13(2,3)17-12(16)15-8-9-4-6-10(7-5-9)11(14)18/h4-7,11H,8,18H2,1-3H3,(H,15,16). The molecule has 2 unspecified atom stereocenters. The summed E-state index contributed by atoms with van der Waals surface area (Å²) in [5.74, 6) is -1.06. The summed E-state index contributed by atoms with van der Waals surface area (Å²) in [5.41, 5.74) is 0.991. The summed E-state index contributed by atoms with van der Waals surface area (Å²) in [4.78, 5) is 11.4. The van der Waals surface area contributed by atoms with E-state index in [9.17, 15) is 9.18 Å². The Morgan fingerprint density at radius 2 is 1.94 bits per heavy atom. The second kappa shape index (κ2) is 6.14. The fraction of sp³-hybridized carbons (Fsp3) is 0.462. The number of amides is 1. The zero-order valence-corrected chi connectivity index (χ0v) is 12.0. The van der Waals surface area contributed by atoms with E-state index in [1.807, 2.05) is 20.8 Å². The average molecular weight is 271 g/mol. The minimum Gasteiger partial charge on any atom is -0.444 e. The molecule has 1 rings (SSSR count). The molecule has 1 aromatic carbocycles. The van der Waals surface area contributed by atoms with Crippen molar-refractivity contribution in [2.75, 3.05) is 0 Å². The molecule has 1 N–H and O–H groups in total. The second-order valence-electron chi connectivity index (χ2n) is 5.00. The number of rotatable bonds is 3. The Bertz CT molecular complexity index is 398. The smallest absolute Gasteiger partial charge is 0.407 e. The Hall–Kier alpha value is -1.15. The molecule has 0 saturated heterocycles. The molecule has 0 aliphatic carbocycles. The van der Waals surface area contributed by atoms with Crippen molar-refractivity contribution in [2.45, 2.75) is 38.8 Å². The number of ether oxygens (including phenoxy) is 1. The summed E-state index contributed by atoms with van der Waals surface area (Å²) in [5, 5.41) is 2.64. The van der Waals surface area contributed by atoms with Gasteiger partial charge in [0.2, 0.25) is 0 Å². The van der Waals surface area contributed by atoms with E-state index in [4.69, 9.17) is 4.74 Å². The number of carbonyl (C=O) groups is 1. The van der Waals surface area contributed by atoms with Crippen molar-refractivity contribution >= 4 is 15.3 Å². The Balaban J connectivity index is 2.46. The van der Waals surface area contributed by atoms with E-state index in [-0.39, 0.29) is 0 Å². The zero-order valence-electron chi connectivity index (χ0n) is 10.9. The van der Waals surface area contributed by atoms with Gasteiger partial charge in [0, 0.05) is 6.54 Å². The number of alkyl carbamates (subject to hydrolysis) is 1. The van der Waals surface area contributed by atoms with Gasteiger partial charge >= 0.3 is 6.09 Å². The molecule has 0 aliphatic rings. The summed E-state index contributed by atoms with van der Waals surface area (Å²) in [6.45, 7) is 5.79. The van der Waals surface area contributed by atoms with E-state index >= 15 is 0 Å². The highest BCUT2D eigenvalue weighted by Gasteiger charge is 2.15. The van der Waals surface area contributed by atoms with Crippen LogP contribution in [0.4, 0.5) is 9.18 Å². The maximum absolute atomic E-state index is 12.9. The third-order valence-electron chi connectivity index (χ3n) is 2.13. The number of halogens is 1. The van der Waals surface area contributed by atoms with Gasteiger partial charge in [-0.25, -0.2) is 9.18 Å². The summed E-state index contributed by atoms with van der Waals surface area (Å²) in [7, 11) is 2.09. The van der Waals surface area contributed by atoms with E-state index in [0.29, 0.717) is 12.1 Å². The first-order chi connectivity index (χ1) is 8.28. The highest BCUT2D eigenvalue weighted by atomic mass is 31.0. The van der Waals surface area contributed by atoms with Gasteiger partial charge in [0.05, 0.1) is 0 Å². The number of alkyl halides is 1. The molecule has 2 atom stereocenters. The van der Waals surface area contributed by atoms with Crippen LogP contribution in [-0.4, -0.2) is 11.7 Å². The summed E-state index contributed by atoms with van der Waals surface area (Å²) < 4.78 is 18.0. The van der Waals surface area contributed by atoms with Crippen molar-refractivity contribution < 1.29 is 13.9 Å². The van der Waals surface area contributed by atoms with Gasteiger partial charge in [-0.15, -0.1) is 0 Å². The van der Waals surface area contributed by atoms with Crippen LogP contribution in [0.15, 0.2) is 24.3 Å². The molecular weight excluding hydrogens is 252 g/mol. The van der Waals surface area contributed by atoms with Crippen LogP contribution in [0.25, 0.3) is 0 Å². The van der Waals surface area contributed by atoms with Gasteiger partial charge < -0.3 is 10.1 Å². The van der Waals surface area contributed by atoms with Crippen molar-refractivity contribution in [3.8, 4) is 0 Å². The van der Waals surface area contributed by atoms with Crippen LogP contribution in [0.5, 0.6) is 0 Å². The lowest BCUT2D eigenvalue weighted by Crippen LogP contribution is -2.32. The monoisotopic (exact) mass is 271 g/mol. The minimum atomic E-state index is -1.06. The molecule has 5 heteroatoms.